The highest BCUT2D eigenvalue weighted by Crippen LogP contribution is 2.24. The van der Waals surface area contributed by atoms with Crippen LogP contribution in [0.2, 0.25) is 5.02 Å². The molecule has 0 aliphatic rings. The quantitative estimate of drug-likeness (QED) is 0.859. The van der Waals surface area contributed by atoms with Crippen LogP contribution in [0.5, 0.6) is 0 Å². The number of methoxy groups -OCH3 is 1. The van der Waals surface area contributed by atoms with Crippen molar-refractivity contribution in [2.24, 2.45) is 12.8 Å². The molecule has 0 aliphatic carbocycles. The molecular formula is C11H20ClN3O. The zero-order chi connectivity index (χ0) is 12.3. The number of aromatic nitrogens is 2. The predicted molar refractivity (Wildman–Crippen MR) is 65.7 cm³/mol. The van der Waals surface area contributed by atoms with E-state index in [1.54, 1.807) is 11.8 Å². The van der Waals surface area contributed by atoms with Crippen molar-refractivity contribution in [1.82, 2.24) is 9.78 Å². The molecule has 1 heterocycles. The highest BCUT2D eigenvalue weighted by Gasteiger charge is 2.23. The Morgan fingerprint density at radius 1 is 1.56 bits per heavy atom. The molecular weight excluding hydrogens is 226 g/mol. The third kappa shape index (κ3) is 3.20. The third-order valence-corrected chi connectivity index (χ3v) is 3.20. The summed E-state index contributed by atoms with van der Waals surface area (Å²) in [5.41, 5.74) is 7.72. The minimum Gasteiger partial charge on any atom is -0.385 e. The van der Waals surface area contributed by atoms with Gasteiger partial charge in [-0.15, -0.1) is 0 Å². The molecule has 0 amide bonds. The van der Waals surface area contributed by atoms with Gasteiger partial charge in [-0.2, -0.15) is 5.10 Å². The Morgan fingerprint density at radius 2 is 2.19 bits per heavy atom. The van der Waals surface area contributed by atoms with E-state index >= 15 is 0 Å². The van der Waals surface area contributed by atoms with E-state index in [9.17, 15) is 0 Å². The van der Waals surface area contributed by atoms with E-state index < -0.39 is 0 Å². The van der Waals surface area contributed by atoms with Crippen LogP contribution in [0.1, 0.15) is 24.7 Å². The van der Waals surface area contributed by atoms with E-state index in [0.717, 1.165) is 22.8 Å². The van der Waals surface area contributed by atoms with Crippen molar-refractivity contribution in [3.63, 3.8) is 0 Å². The molecule has 0 aliphatic heterocycles. The van der Waals surface area contributed by atoms with Gasteiger partial charge >= 0.3 is 0 Å². The summed E-state index contributed by atoms with van der Waals surface area (Å²) in [6.07, 6.45) is 1.50. The number of halogens is 1. The molecule has 0 radical (unpaired) electrons. The molecule has 16 heavy (non-hydrogen) atoms. The Balaban J connectivity index is 2.79. The second kappa shape index (κ2) is 5.17. The van der Waals surface area contributed by atoms with Gasteiger partial charge in [-0.25, -0.2) is 0 Å². The molecule has 5 heteroatoms. The fourth-order valence-corrected chi connectivity index (χ4v) is 1.91. The minimum absolute atomic E-state index is 0.320. The first-order valence-corrected chi connectivity index (χ1v) is 5.71. The van der Waals surface area contributed by atoms with Gasteiger partial charge in [0.05, 0.1) is 16.4 Å². The SMILES string of the molecule is COCCC(C)(N)Cc1c(Cl)c(C)nn1C. The standard InChI is InChI=1S/C11H20ClN3O/c1-8-10(12)9(15(3)14-8)7-11(2,13)5-6-16-4/h5-7,13H2,1-4H3. The molecule has 0 aromatic carbocycles. The number of nitrogens with zero attached hydrogens (tertiary/aromatic N) is 2. The molecule has 1 rings (SSSR count). The number of hydrogen-bond acceptors (Lipinski definition) is 3. The molecule has 0 saturated heterocycles. The van der Waals surface area contributed by atoms with Gasteiger partial charge in [0, 0.05) is 32.7 Å². The van der Waals surface area contributed by atoms with Gasteiger partial charge in [0.2, 0.25) is 0 Å². The van der Waals surface area contributed by atoms with Crippen molar-refractivity contribution >= 4 is 11.6 Å². The Kier molecular flexibility index (Phi) is 4.35. The first kappa shape index (κ1) is 13.5. The van der Waals surface area contributed by atoms with Gasteiger partial charge in [0.1, 0.15) is 0 Å². The highest BCUT2D eigenvalue weighted by atomic mass is 35.5. The average molecular weight is 246 g/mol. The molecule has 0 bridgehead atoms. The van der Waals surface area contributed by atoms with Crippen molar-refractivity contribution < 1.29 is 4.74 Å². The Hall–Kier alpha value is -0.580. The van der Waals surface area contributed by atoms with Crippen LogP contribution in [-0.4, -0.2) is 29.0 Å². The van der Waals surface area contributed by atoms with E-state index in [1.807, 2.05) is 20.9 Å². The second-order valence-corrected chi connectivity index (χ2v) is 4.92. The fraction of sp³-hybridized carbons (Fsp3) is 0.727. The van der Waals surface area contributed by atoms with Gasteiger partial charge in [-0.05, 0) is 20.3 Å². The van der Waals surface area contributed by atoms with Crippen molar-refractivity contribution in [1.29, 1.82) is 0 Å². The van der Waals surface area contributed by atoms with Crippen molar-refractivity contribution in [3.05, 3.63) is 16.4 Å². The molecule has 0 saturated carbocycles. The largest absolute Gasteiger partial charge is 0.385 e. The maximum absolute atomic E-state index is 6.20. The number of rotatable bonds is 5. The Labute approximate surface area is 102 Å². The number of nitrogens with two attached hydrogens (primary N) is 1. The summed E-state index contributed by atoms with van der Waals surface area (Å²) < 4.78 is 6.85. The summed E-state index contributed by atoms with van der Waals surface area (Å²) >= 11 is 6.18. The van der Waals surface area contributed by atoms with Crippen LogP contribution in [0.4, 0.5) is 0 Å². The lowest BCUT2D eigenvalue weighted by atomic mass is 9.93. The van der Waals surface area contributed by atoms with E-state index in [1.165, 1.54) is 0 Å². The maximum Gasteiger partial charge on any atom is 0.0847 e. The van der Waals surface area contributed by atoms with E-state index in [-0.39, 0.29) is 5.54 Å². The van der Waals surface area contributed by atoms with E-state index in [2.05, 4.69) is 5.10 Å². The molecule has 1 unspecified atom stereocenters. The lowest BCUT2D eigenvalue weighted by Crippen LogP contribution is -2.40. The molecule has 1 aromatic rings. The number of aryl methyl sites for hydroxylation is 2. The lowest BCUT2D eigenvalue weighted by Gasteiger charge is -2.24. The molecule has 0 fully saturated rings. The lowest BCUT2D eigenvalue weighted by molar-refractivity contribution is 0.171. The molecule has 1 atom stereocenters. The van der Waals surface area contributed by atoms with Crippen LogP contribution in [-0.2, 0) is 18.2 Å². The van der Waals surface area contributed by atoms with Crippen molar-refractivity contribution in [2.75, 3.05) is 13.7 Å². The average Bonchev–Trinajstić information content (AvgIpc) is 2.42. The van der Waals surface area contributed by atoms with Crippen LogP contribution in [0.3, 0.4) is 0 Å². The summed E-state index contributed by atoms with van der Waals surface area (Å²) in [4.78, 5) is 0. The Bertz CT molecular complexity index is 360. The summed E-state index contributed by atoms with van der Waals surface area (Å²) in [5.74, 6) is 0. The van der Waals surface area contributed by atoms with E-state index in [0.29, 0.717) is 13.0 Å². The first-order chi connectivity index (χ1) is 7.37. The Morgan fingerprint density at radius 3 is 2.62 bits per heavy atom. The number of ether oxygens (including phenoxy) is 1. The molecule has 92 valence electrons. The zero-order valence-corrected chi connectivity index (χ0v) is 11.1. The topological polar surface area (TPSA) is 53.1 Å². The monoisotopic (exact) mass is 245 g/mol. The zero-order valence-electron chi connectivity index (χ0n) is 10.4. The molecule has 0 spiro atoms. The van der Waals surface area contributed by atoms with Gasteiger partial charge in [-0.1, -0.05) is 11.6 Å². The summed E-state index contributed by atoms with van der Waals surface area (Å²) in [6, 6.07) is 0. The summed E-state index contributed by atoms with van der Waals surface area (Å²) in [5, 5.41) is 4.99. The molecule has 1 aromatic heterocycles. The van der Waals surface area contributed by atoms with Crippen LogP contribution in [0.25, 0.3) is 0 Å². The van der Waals surface area contributed by atoms with Crippen LogP contribution in [0.15, 0.2) is 0 Å². The predicted octanol–water partition coefficient (Wildman–Crippen LogP) is 1.68. The summed E-state index contributed by atoms with van der Waals surface area (Å²) in [7, 11) is 3.57. The number of hydrogen-bond donors (Lipinski definition) is 1. The third-order valence-electron chi connectivity index (χ3n) is 2.71. The van der Waals surface area contributed by atoms with Crippen molar-refractivity contribution in [3.8, 4) is 0 Å². The van der Waals surface area contributed by atoms with Crippen LogP contribution >= 0.6 is 11.6 Å². The van der Waals surface area contributed by atoms with Gasteiger partial charge in [0.15, 0.2) is 0 Å². The van der Waals surface area contributed by atoms with Gasteiger partial charge in [0.25, 0.3) is 0 Å². The highest BCUT2D eigenvalue weighted by molar-refractivity contribution is 6.31. The minimum atomic E-state index is -0.320. The first-order valence-electron chi connectivity index (χ1n) is 5.33. The normalized spacial score (nSPS) is 15.1. The van der Waals surface area contributed by atoms with Gasteiger partial charge < -0.3 is 10.5 Å². The fourth-order valence-electron chi connectivity index (χ4n) is 1.68. The smallest absolute Gasteiger partial charge is 0.0847 e. The van der Waals surface area contributed by atoms with E-state index in [4.69, 9.17) is 22.1 Å². The van der Waals surface area contributed by atoms with Crippen molar-refractivity contribution in [2.45, 2.75) is 32.2 Å². The molecule has 2 N–H and O–H groups in total. The van der Waals surface area contributed by atoms with Crippen LogP contribution < -0.4 is 5.73 Å². The maximum atomic E-state index is 6.20. The summed E-state index contributed by atoms with van der Waals surface area (Å²) in [6.45, 7) is 4.56. The van der Waals surface area contributed by atoms with Crippen LogP contribution in [0, 0.1) is 6.92 Å². The van der Waals surface area contributed by atoms with Gasteiger partial charge in [-0.3, -0.25) is 4.68 Å². The second-order valence-electron chi connectivity index (χ2n) is 4.54. The molecule has 4 nitrogen and oxygen atoms in total.